The number of amides is 1. The summed E-state index contributed by atoms with van der Waals surface area (Å²) in [6.45, 7) is 4.94. The van der Waals surface area contributed by atoms with Gasteiger partial charge in [0.05, 0.1) is 25.4 Å². The number of hydrogen-bond donors (Lipinski definition) is 3. The fourth-order valence-corrected chi connectivity index (χ4v) is 9.81. The zero-order chi connectivity index (χ0) is 49.3. The summed E-state index contributed by atoms with van der Waals surface area (Å²) in [6.07, 6.45) is 69.2. The molecule has 6 heteroatoms. The lowest BCUT2D eigenvalue weighted by molar-refractivity contribution is -0.143. The van der Waals surface area contributed by atoms with Crippen LogP contribution >= 0.6 is 0 Å². The van der Waals surface area contributed by atoms with E-state index < -0.39 is 12.1 Å². The van der Waals surface area contributed by atoms with Gasteiger partial charge in [-0.1, -0.05) is 296 Å². The third kappa shape index (κ3) is 53.9. The van der Waals surface area contributed by atoms with E-state index in [9.17, 15) is 19.8 Å². The summed E-state index contributed by atoms with van der Waals surface area (Å²) in [7, 11) is 0. The van der Waals surface area contributed by atoms with E-state index in [0.717, 1.165) is 57.8 Å². The van der Waals surface area contributed by atoms with Crippen molar-refractivity contribution in [3.8, 4) is 0 Å². The molecule has 2 atom stereocenters. The first-order valence-corrected chi connectivity index (χ1v) is 30.9. The molecule has 68 heavy (non-hydrogen) atoms. The number of unbranched alkanes of at least 4 members (excludes halogenated alkanes) is 45. The summed E-state index contributed by atoms with van der Waals surface area (Å²) >= 11 is 0. The van der Waals surface area contributed by atoms with Crippen molar-refractivity contribution in [1.82, 2.24) is 5.32 Å². The number of nitrogens with one attached hydrogen (secondary N) is 1. The van der Waals surface area contributed by atoms with Crippen molar-refractivity contribution < 1.29 is 24.5 Å². The fraction of sp³-hybridized carbons (Fsp3) is 0.935. The monoisotopic (exact) mass is 960 g/mol. The first-order valence-electron chi connectivity index (χ1n) is 30.9. The van der Waals surface area contributed by atoms with E-state index in [2.05, 4.69) is 31.3 Å². The van der Waals surface area contributed by atoms with Crippen molar-refractivity contribution in [1.29, 1.82) is 0 Å². The van der Waals surface area contributed by atoms with Gasteiger partial charge in [0.2, 0.25) is 5.91 Å². The number of hydrogen-bond acceptors (Lipinski definition) is 5. The third-order valence-electron chi connectivity index (χ3n) is 14.6. The Kier molecular flexibility index (Phi) is 57.0. The smallest absolute Gasteiger partial charge is 0.305 e. The van der Waals surface area contributed by atoms with Crippen molar-refractivity contribution in [3.05, 3.63) is 12.2 Å². The molecule has 0 aliphatic heterocycles. The van der Waals surface area contributed by atoms with Crippen LogP contribution in [-0.4, -0.2) is 47.4 Å². The number of allylic oxidation sites excluding steroid dienone is 2. The molecule has 6 nitrogen and oxygen atoms in total. The van der Waals surface area contributed by atoms with Crippen LogP contribution in [0.2, 0.25) is 0 Å². The number of esters is 1. The van der Waals surface area contributed by atoms with Gasteiger partial charge < -0.3 is 20.3 Å². The van der Waals surface area contributed by atoms with Gasteiger partial charge in [-0.3, -0.25) is 9.59 Å². The van der Waals surface area contributed by atoms with Crippen molar-refractivity contribution >= 4 is 11.9 Å². The molecule has 0 aromatic rings. The molecule has 0 saturated heterocycles. The Morgan fingerprint density at radius 2 is 0.691 bits per heavy atom. The SMILES string of the molecule is CCCCCCCC/C=C\CCCCCCCCCC(=O)OCCCCCCCCCCCCCCC(=O)NC(CO)C(O)CCCCCCCCCCCCCCCCCCCCCCCC. The molecule has 0 aromatic heterocycles. The number of rotatable bonds is 58. The molecule has 0 spiro atoms. The van der Waals surface area contributed by atoms with Crippen LogP contribution in [0.1, 0.15) is 348 Å². The van der Waals surface area contributed by atoms with Gasteiger partial charge in [-0.05, 0) is 51.4 Å². The Hall–Kier alpha value is -1.40. The molecule has 0 heterocycles. The maximum Gasteiger partial charge on any atom is 0.305 e. The number of aliphatic hydroxyl groups excluding tert-OH is 2. The highest BCUT2D eigenvalue weighted by Crippen LogP contribution is 2.18. The summed E-state index contributed by atoms with van der Waals surface area (Å²) in [5.41, 5.74) is 0. The van der Waals surface area contributed by atoms with E-state index in [1.807, 2.05) is 0 Å². The average molecular weight is 961 g/mol. The molecule has 0 aliphatic rings. The van der Waals surface area contributed by atoms with E-state index in [1.165, 1.54) is 257 Å². The number of carbonyl (C=O) groups is 2. The topological polar surface area (TPSA) is 95.9 Å². The van der Waals surface area contributed by atoms with Crippen molar-refractivity contribution in [2.24, 2.45) is 0 Å². The van der Waals surface area contributed by atoms with Gasteiger partial charge in [0, 0.05) is 12.8 Å². The van der Waals surface area contributed by atoms with Crippen LogP contribution in [-0.2, 0) is 14.3 Å². The van der Waals surface area contributed by atoms with E-state index in [0.29, 0.717) is 25.9 Å². The van der Waals surface area contributed by atoms with Gasteiger partial charge in [-0.25, -0.2) is 0 Å². The lowest BCUT2D eigenvalue weighted by atomic mass is 10.0. The molecular formula is C62H121NO5. The van der Waals surface area contributed by atoms with Crippen molar-refractivity contribution in [2.75, 3.05) is 13.2 Å². The number of carbonyl (C=O) groups excluding carboxylic acids is 2. The van der Waals surface area contributed by atoms with Crippen molar-refractivity contribution in [2.45, 2.75) is 360 Å². The largest absolute Gasteiger partial charge is 0.466 e. The second-order valence-electron chi connectivity index (χ2n) is 21.4. The minimum atomic E-state index is -0.675. The predicted molar refractivity (Wildman–Crippen MR) is 297 cm³/mol. The van der Waals surface area contributed by atoms with Crippen LogP contribution < -0.4 is 5.32 Å². The highest BCUT2D eigenvalue weighted by molar-refractivity contribution is 5.76. The van der Waals surface area contributed by atoms with Crippen LogP contribution in [0.3, 0.4) is 0 Å². The molecule has 3 N–H and O–H groups in total. The average Bonchev–Trinajstić information content (AvgIpc) is 3.34. The summed E-state index contributed by atoms with van der Waals surface area (Å²) in [6, 6.07) is -0.554. The molecule has 0 bridgehead atoms. The Balaban J connectivity index is 3.44. The lowest BCUT2D eigenvalue weighted by Crippen LogP contribution is -2.45. The van der Waals surface area contributed by atoms with Crippen LogP contribution in [0, 0.1) is 0 Å². The fourth-order valence-electron chi connectivity index (χ4n) is 9.81. The molecule has 0 saturated carbocycles. The standard InChI is InChI=1S/C62H121NO5/c1-3-5-7-9-11-13-15-17-19-21-22-23-24-25-27-28-30-34-38-42-46-50-54-60(65)59(58-64)63-61(66)55-51-47-43-39-35-32-33-37-41-45-49-53-57-68-62(67)56-52-48-44-40-36-31-29-26-20-18-16-14-12-10-8-6-4-2/h18,20,59-60,64-65H,3-17,19,21-58H2,1-2H3,(H,63,66)/b20-18-. The molecule has 2 unspecified atom stereocenters. The predicted octanol–water partition coefficient (Wildman–Crippen LogP) is 19.2. The van der Waals surface area contributed by atoms with Crippen LogP contribution in [0.5, 0.6) is 0 Å². The van der Waals surface area contributed by atoms with Gasteiger partial charge >= 0.3 is 5.97 Å². The van der Waals surface area contributed by atoms with E-state index in [1.54, 1.807) is 0 Å². The molecular weight excluding hydrogens is 839 g/mol. The van der Waals surface area contributed by atoms with Gasteiger partial charge in [0.25, 0.3) is 0 Å². The van der Waals surface area contributed by atoms with E-state index >= 15 is 0 Å². The zero-order valence-corrected chi connectivity index (χ0v) is 46.1. The highest BCUT2D eigenvalue weighted by atomic mass is 16.5. The Morgan fingerprint density at radius 1 is 0.397 bits per heavy atom. The van der Waals surface area contributed by atoms with Crippen LogP contribution in [0.15, 0.2) is 12.2 Å². The molecule has 1 amide bonds. The maximum atomic E-state index is 12.5. The quantitative estimate of drug-likeness (QED) is 0.0321. The van der Waals surface area contributed by atoms with Crippen LogP contribution in [0.4, 0.5) is 0 Å². The normalized spacial score (nSPS) is 12.6. The van der Waals surface area contributed by atoms with Gasteiger partial charge in [0.15, 0.2) is 0 Å². The molecule has 0 rings (SSSR count). The first kappa shape index (κ1) is 66.6. The molecule has 0 fully saturated rings. The number of aliphatic hydroxyl groups is 2. The summed E-state index contributed by atoms with van der Waals surface area (Å²) < 4.78 is 5.48. The Labute approximate surface area is 425 Å². The zero-order valence-electron chi connectivity index (χ0n) is 46.1. The second kappa shape index (κ2) is 58.2. The number of ether oxygens (including phenoxy) is 1. The van der Waals surface area contributed by atoms with E-state index in [-0.39, 0.29) is 18.5 Å². The molecule has 0 aliphatic carbocycles. The lowest BCUT2D eigenvalue weighted by Gasteiger charge is -2.22. The minimum absolute atomic E-state index is 0.0112. The summed E-state index contributed by atoms with van der Waals surface area (Å²) in [5.74, 6) is -0.0578. The van der Waals surface area contributed by atoms with Gasteiger partial charge in [-0.2, -0.15) is 0 Å². The summed E-state index contributed by atoms with van der Waals surface area (Å²) in [5, 5.41) is 23.4. The maximum absolute atomic E-state index is 12.5. The van der Waals surface area contributed by atoms with E-state index in [4.69, 9.17) is 4.74 Å². The third-order valence-corrected chi connectivity index (χ3v) is 14.6. The molecule has 0 aromatic carbocycles. The Bertz CT molecular complexity index is 1020. The molecule has 0 radical (unpaired) electrons. The van der Waals surface area contributed by atoms with Crippen LogP contribution in [0.25, 0.3) is 0 Å². The second-order valence-corrected chi connectivity index (χ2v) is 21.4. The Morgan fingerprint density at radius 3 is 1.04 bits per heavy atom. The van der Waals surface area contributed by atoms with Crippen molar-refractivity contribution in [3.63, 3.8) is 0 Å². The molecule has 404 valence electrons. The van der Waals surface area contributed by atoms with Gasteiger partial charge in [-0.15, -0.1) is 0 Å². The minimum Gasteiger partial charge on any atom is -0.466 e. The summed E-state index contributed by atoms with van der Waals surface area (Å²) in [4.78, 5) is 24.6. The highest BCUT2D eigenvalue weighted by Gasteiger charge is 2.20. The van der Waals surface area contributed by atoms with Gasteiger partial charge in [0.1, 0.15) is 0 Å². The first-order chi connectivity index (χ1) is 33.5.